The van der Waals surface area contributed by atoms with Gasteiger partial charge in [0.05, 0.1) is 0 Å². The molecule has 110 valence electrons. The minimum absolute atomic E-state index is 0.213. The van der Waals surface area contributed by atoms with Crippen LogP contribution in [-0.4, -0.2) is 21.8 Å². The highest BCUT2D eigenvalue weighted by Crippen LogP contribution is 2.43. The van der Waals surface area contributed by atoms with Crippen molar-refractivity contribution in [1.82, 2.24) is 9.97 Å². The number of para-hydroxylation sites is 1. The smallest absolute Gasteiger partial charge is 0.224 e. The number of ether oxygens (including phenoxy) is 2. The average Bonchev–Trinajstić information content (AvgIpc) is 2.73. The molecule has 0 saturated heterocycles. The van der Waals surface area contributed by atoms with Gasteiger partial charge in [0, 0.05) is 18.1 Å². The fourth-order valence-electron chi connectivity index (χ4n) is 2.30. The highest BCUT2D eigenvalue weighted by molar-refractivity contribution is 7.98. The molecule has 0 aliphatic carbocycles. The SMILES string of the molecule is CSc1nc(Cl)cc(Oc2cccc3c2OC(C)(C)C3)n1. The molecule has 1 aliphatic rings. The zero-order valence-electron chi connectivity index (χ0n) is 12.0. The molecular formula is C15H15ClN2O2S. The van der Waals surface area contributed by atoms with Crippen LogP contribution in [0.4, 0.5) is 0 Å². The summed E-state index contributed by atoms with van der Waals surface area (Å²) >= 11 is 7.40. The van der Waals surface area contributed by atoms with Gasteiger partial charge in [0.1, 0.15) is 10.8 Å². The number of thioether (sulfide) groups is 1. The average molecular weight is 323 g/mol. The van der Waals surface area contributed by atoms with Crippen molar-refractivity contribution in [3.05, 3.63) is 35.0 Å². The number of hydrogen-bond acceptors (Lipinski definition) is 5. The molecule has 21 heavy (non-hydrogen) atoms. The molecule has 2 heterocycles. The molecule has 0 unspecified atom stereocenters. The summed E-state index contributed by atoms with van der Waals surface area (Å²) in [5.41, 5.74) is 0.929. The molecule has 6 heteroatoms. The summed E-state index contributed by atoms with van der Waals surface area (Å²) in [6.45, 7) is 4.12. The number of aromatic nitrogens is 2. The van der Waals surface area contributed by atoms with Crippen molar-refractivity contribution in [1.29, 1.82) is 0 Å². The molecule has 1 aromatic heterocycles. The second-order valence-electron chi connectivity index (χ2n) is 5.40. The van der Waals surface area contributed by atoms with Crippen LogP contribution < -0.4 is 9.47 Å². The third-order valence-electron chi connectivity index (χ3n) is 3.10. The van der Waals surface area contributed by atoms with Gasteiger partial charge in [0.2, 0.25) is 5.88 Å². The van der Waals surface area contributed by atoms with Gasteiger partial charge in [-0.25, -0.2) is 4.98 Å². The van der Waals surface area contributed by atoms with E-state index in [0.29, 0.717) is 21.9 Å². The van der Waals surface area contributed by atoms with Crippen LogP contribution >= 0.6 is 23.4 Å². The van der Waals surface area contributed by atoms with E-state index in [1.54, 1.807) is 6.07 Å². The first-order valence-electron chi connectivity index (χ1n) is 6.54. The second kappa shape index (κ2) is 5.39. The first-order chi connectivity index (χ1) is 9.97. The Morgan fingerprint density at radius 1 is 1.33 bits per heavy atom. The van der Waals surface area contributed by atoms with Crippen LogP contribution in [0.15, 0.2) is 29.4 Å². The summed E-state index contributed by atoms with van der Waals surface area (Å²) in [5.74, 6) is 1.85. The molecule has 0 fully saturated rings. The second-order valence-corrected chi connectivity index (χ2v) is 6.56. The number of halogens is 1. The van der Waals surface area contributed by atoms with E-state index >= 15 is 0 Å². The number of rotatable bonds is 3. The summed E-state index contributed by atoms with van der Waals surface area (Å²) in [6.07, 6.45) is 2.75. The normalized spacial score (nSPS) is 15.4. The van der Waals surface area contributed by atoms with Crippen molar-refractivity contribution in [2.75, 3.05) is 6.26 Å². The van der Waals surface area contributed by atoms with Gasteiger partial charge >= 0.3 is 0 Å². The lowest BCUT2D eigenvalue weighted by Crippen LogP contribution is -2.24. The first-order valence-corrected chi connectivity index (χ1v) is 8.14. The van der Waals surface area contributed by atoms with Crippen LogP contribution in [0.3, 0.4) is 0 Å². The van der Waals surface area contributed by atoms with E-state index in [-0.39, 0.29) is 5.60 Å². The number of nitrogens with zero attached hydrogens (tertiary/aromatic N) is 2. The molecule has 4 nitrogen and oxygen atoms in total. The minimum Gasteiger partial charge on any atom is -0.483 e. The third kappa shape index (κ3) is 3.09. The van der Waals surface area contributed by atoms with Crippen molar-refractivity contribution in [2.24, 2.45) is 0 Å². The van der Waals surface area contributed by atoms with Gasteiger partial charge in [-0.1, -0.05) is 35.5 Å². The predicted molar refractivity (Wildman–Crippen MR) is 83.8 cm³/mol. The Hall–Kier alpha value is -1.46. The monoisotopic (exact) mass is 322 g/mol. The van der Waals surface area contributed by atoms with Gasteiger partial charge in [-0.3, -0.25) is 0 Å². The van der Waals surface area contributed by atoms with Gasteiger partial charge in [0.15, 0.2) is 16.7 Å². The lowest BCUT2D eigenvalue weighted by Gasteiger charge is -2.18. The highest BCUT2D eigenvalue weighted by atomic mass is 35.5. The fourth-order valence-corrected chi connectivity index (χ4v) is 2.90. The lowest BCUT2D eigenvalue weighted by molar-refractivity contribution is 0.135. The molecule has 1 aromatic carbocycles. The standard InChI is InChI=1S/C15H15ClN2O2S/c1-15(2)8-9-5-4-6-10(13(9)20-15)19-12-7-11(16)17-14(18-12)21-3/h4-7H,8H2,1-3H3. The molecule has 0 saturated carbocycles. The molecule has 0 radical (unpaired) electrons. The molecule has 0 N–H and O–H groups in total. The Morgan fingerprint density at radius 3 is 2.90 bits per heavy atom. The molecule has 0 spiro atoms. The Kier molecular flexibility index (Phi) is 3.71. The fraction of sp³-hybridized carbons (Fsp3) is 0.333. The maximum absolute atomic E-state index is 5.98. The largest absolute Gasteiger partial charge is 0.483 e. The lowest BCUT2D eigenvalue weighted by atomic mass is 10.0. The van der Waals surface area contributed by atoms with Gasteiger partial charge < -0.3 is 9.47 Å². The highest BCUT2D eigenvalue weighted by Gasteiger charge is 2.32. The van der Waals surface area contributed by atoms with Crippen LogP contribution in [0.2, 0.25) is 5.15 Å². The Balaban J connectivity index is 1.94. The summed E-state index contributed by atoms with van der Waals surface area (Å²) in [5, 5.41) is 0.935. The van der Waals surface area contributed by atoms with Gasteiger partial charge in [0.25, 0.3) is 0 Å². The van der Waals surface area contributed by atoms with Gasteiger partial charge in [-0.15, -0.1) is 0 Å². The molecule has 2 aromatic rings. The molecule has 0 bridgehead atoms. The maximum Gasteiger partial charge on any atom is 0.224 e. The topological polar surface area (TPSA) is 44.2 Å². The third-order valence-corrected chi connectivity index (χ3v) is 3.84. The molecule has 1 aliphatic heterocycles. The zero-order valence-corrected chi connectivity index (χ0v) is 13.6. The van der Waals surface area contributed by atoms with Crippen molar-refractivity contribution >= 4 is 23.4 Å². The summed E-state index contributed by atoms with van der Waals surface area (Å²) < 4.78 is 11.8. The number of fused-ring (bicyclic) bond motifs is 1. The van der Waals surface area contributed by atoms with Crippen molar-refractivity contribution in [3.63, 3.8) is 0 Å². The van der Waals surface area contributed by atoms with Gasteiger partial charge in [-0.05, 0) is 26.2 Å². The molecule has 3 rings (SSSR count). The minimum atomic E-state index is -0.213. The van der Waals surface area contributed by atoms with Crippen LogP contribution in [0.25, 0.3) is 0 Å². The van der Waals surface area contributed by atoms with Gasteiger partial charge in [-0.2, -0.15) is 4.98 Å². The van der Waals surface area contributed by atoms with Crippen molar-refractivity contribution < 1.29 is 9.47 Å². The number of hydrogen-bond donors (Lipinski definition) is 0. The maximum atomic E-state index is 5.98. The Bertz CT molecular complexity index is 691. The van der Waals surface area contributed by atoms with Crippen LogP contribution in [0.1, 0.15) is 19.4 Å². The Morgan fingerprint density at radius 2 is 2.14 bits per heavy atom. The van der Waals surface area contributed by atoms with Crippen molar-refractivity contribution in [3.8, 4) is 17.4 Å². The van der Waals surface area contributed by atoms with E-state index in [4.69, 9.17) is 21.1 Å². The van der Waals surface area contributed by atoms with Crippen LogP contribution in [0, 0.1) is 0 Å². The van der Waals surface area contributed by atoms with E-state index < -0.39 is 0 Å². The Labute approximate surface area is 132 Å². The van der Waals surface area contributed by atoms with E-state index in [9.17, 15) is 0 Å². The summed E-state index contributed by atoms with van der Waals surface area (Å²) in [7, 11) is 0. The van der Waals surface area contributed by atoms with E-state index in [1.807, 2.05) is 18.4 Å². The van der Waals surface area contributed by atoms with Crippen LogP contribution in [0.5, 0.6) is 17.4 Å². The zero-order chi connectivity index (χ0) is 15.0. The molecule has 0 atom stereocenters. The molecular weight excluding hydrogens is 308 g/mol. The van der Waals surface area contributed by atoms with E-state index in [0.717, 1.165) is 17.7 Å². The molecule has 0 amide bonds. The first kappa shape index (κ1) is 14.5. The number of benzene rings is 1. The summed E-state index contributed by atoms with van der Waals surface area (Å²) in [6, 6.07) is 7.48. The van der Waals surface area contributed by atoms with E-state index in [2.05, 4.69) is 29.9 Å². The van der Waals surface area contributed by atoms with Crippen molar-refractivity contribution in [2.45, 2.75) is 31.0 Å². The predicted octanol–water partition coefficient (Wildman–Crippen LogP) is 4.36. The quantitative estimate of drug-likeness (QED) is 0.477. The van der Waals surface area contributed by atoms with Crippen LogP contribution in [-0.2, 0) is 6.42 Å². The summed E-state index contributed by atoms with van der Waals surface area (Å²) in [4.78, 5) is 8.39. The van der Waals surface area contributed by atoms with E-state index in [1.165, 1.54) is 11.8 Å².